The molecule has 2 rings (SSSR count). The van der Waals surface area contributed by atoms with E-state index in [0.29, 0.717) is 18.0 Å². The molecule has 0 heterocycles. The van der Waals surface area contributed by atoms with Gasteiger partial charge in [-0.3, -0.25) is 9.59 Å². The number of thioether (sulfide) groups is 1. The van der Waals surface area contributed by atoms with Crippen molar-refractivity contribution < 1.29 is 14.3 Å². The number of rotatable bonds is 9. The SMILES string of the molecule is CC[C@H](C(=O)NC)N(Cc1ccc(OC)cc1)C(=O)CSc1ccc(Cl)cc1. The average molecular weight is 421 g/mol. The molecule has 28 heavy (non-hydrogen) atoms. The van der Waals surface area contributed by atoms with Gasteiger partial charge in [-0.2, -0.15) is 0 Å². The molecule has 0 bridgehead atoms. The maximum absolute atomic E-state index is 13.0. The van der Waals surface area contributed by atoms with Crippen molar-refractivity contribution in [2.24, 2.45) is 0 Å². The Hall–Kier alpha value is -2.18. The van der Waals surface area contributed by atoms with E-state index in [-0.39, 0.29) is 17.6 Å². The van der Waals surface area contributed by atoms with Gasteiger partial charge in [0.15, 0.2) is 0 Å². The van der Waals surface area contributed by atoms with E-state index in [9.17, 15) is 9.59 Å². The van der Waals surface area contributed by atoms with E-state index >= 15 is 0 Å². The molecule has 5 nitrogen and oxygen atoms in total. The molecule has 0 unspecified atom stereocenters. The lowest BCUT2D eigenvalue weighted by molar-refractivity contribution is -0.139. The number of nitrogens with one attached hydrogen (secondary N) is 1. The summed E-state index contributed by atoms with van der Waals surface area (Å²) in [5.74, 6) is 0.732. The van der Waals surface area contributed by atoms with Gasteiger partial charge in [0.1, 0.15) is 11.8 Å². The van der Waals surface area contributed by atoms with Crippen LogP contribution in [0.3, 0.4) is 0 Å². The molecule has 1 atom stereocenters. The molecule has 0 radical (unpaired) electrons. The second-order valence-corrected chi connectivity index (χ2v) is 7.64. The van der Waals surface area contributed by atoms with E-state index in [2.05, 4.69) is 5.32 Å². The molecule has 150 valence electrons. The predicted molar refractivity (Wildman–Crippen MR) is 114 cm³/mol. The lowest BCUT2D eigenvalue weighted by Crippen LogP contribution is -2.48. The van der Waals surface area contributed by atoms with Crippen molar-refractivity contribution in [1.82, 2.24) is 10.2 Å². The number of ether oxygens (including phenoxy) is 1. The molecule has 7 heteroatoms. The summed E-state index contributed by atoms with van der Waals surface area (Å²) in [5.41, 5.74) is 0.938. The first-order valence-corrected chi connectivity index (χ1v) is 10.4. The maximum atomic E-state index is 13.0. The number of carbonyl (C=O) groups excluding carboxylic acids is 2. The number of likely N-dealkylation sites (N-methyl/N-ethyl adjacent to an activating group) is 1. The van der Waals surface area contributed by atoms with Gasteiger partial charge in [0.05, 0.1) is 12.9 Å². The summed E-state index contributed by atoms with van der Waals surface area (Å²) in [4.78, 5) is 27.9. The number of hydrogen-bond acceptors (Lipinski definition) is 4. The van der Waals surface area contributed by atoms with E-state index in [0.717, 1.165) is 16.2 Å². The highest BCUT2D eigenvalue weighted by Gasteiger charge is 2.27. The fourth-order valence-electron chi connectivity index (χ4n) is 2.77. The van der Waals surface area contributed by atoms with Gasteiger partial charge in [-0.15, -0.1) is 11.8 Å². The van der Waals surface area contributed by atoms with Crippen molar-refractivity contribution in [2.45, 2.75) is 30.8 Å². The Morgan fingerprint density at radius 2 is 1.79 bits per heavy atom. The summed E-state index contributed by atoms with van der Waals surface area (Å²) in [6, 6.07) is 14.3. The number of amides is 2. The topological polar surface area (TPSA) is 58.6 Å². The Labute approximate surface area is 175 Å². The molecule has 0 aliphatic heterocycles. The van der Waals surface area contributed by atoms with Crippen LogP contribution >= 0.6 is 23.4 Å². The first kappa shape index (κ1) is 22.1. The lowest BCUT2D eigenvalue weighted by Gasteiger charge is -2.30. The summed E-state index contributed by atoms with van der Waals surface area (Å²) >= 11 is 7.34. The molecule has 2 aromatic rings. The Morgan fingerprint density at radius 1 is 1.14 bits per heavy atom. The number of halogens is 1. The quantitative estimate of drug-likeness (QED) is 0.623. The van der Waals surface area contributed by atoms with E-state index < -0.39 is 6.04 Å². The van der Waals surface area contributed by atoms with Crippen LogP contribution < -0.4 is 10.1 Å². The van der Waals surface area contributed by atoms with Crippen molar-refractivity contribution in [3.63, 3.8) is 0 Å². The van der Waals surface area contributed by atoms with Crippen molar-refractivity contribution in [3.8, 4) is 5.75 Å². The van der Waals surface area contributed by atoms with Crippen molar-refractivity contribution in [2.75, 3.05) is 19.9 Å². The highest BCUT2D eigenvalue weighted by Crippen LogP contribution is 2.22. The number of methoxy groups -OCH3 is 1. The normalized spacial score (nSPS) is 11.6. The first-order valence-electron chi connectivity index (χ1n) is 9.00. The molecule has 2 aromatic carbocycles. The van der Waals surface area contributed by atoms with E-state index in [4.69, 9.17) is 16.3 Å². The summed E-state index contributed by atoms with van der Waals surface area (Å²) in [7, 11) is 3.20. The third-order valence-corrected chi connectivity index (χ3v) is 5.57. The van der Waals surface area contributed by atoms with Gasteiger partial charge in [0, 0.05) is 23.5 Å². The number of nitrogens with zero attached hydrogens (tertiary/aromatic N) is 1. The first-order chi connectivity index (χ1) is 13.5. The minimum absolute atomic E-state index is 0.0915. The van der Waals surface area contributed by atoms with E-state index in [1.54, 1.807) is 31.2 Å². The zero-order valence-corrected chi connectivity index (χ0v) is 17.8. The molecular weight excluding hydrogens is 396 g/mol. The minimum atomic E-state index is -0.523. The molecule has 0 saturated heterocycles. The highest BCUT2D eigenvalue weighted by molar-refractivity contribution is 8.00. The van der Waals surface area contributed by atoms with E-state index in [1.165, 1.54) is 11.8 Å². The zero-order valence-electron chi connectivity index (χ0n) is 16.3. The Balaban J connectivity index is 2.16. The minimum Gasteiger partial charge on any atom is -0.497 e. The molecule has 0 saturated carbocycles. The van der Waals surface area contributed by atoms with Crippen LogP contribution in [-0.2, 0) is 16.1 Å². The average Bonchev–Trinajstić information content (AvgIpc) is 2.73. The highest BCUT2D eigenvalue weighted by atomic mass is 35.5. The Kier molecular flexibility index (Phi) is 8.67. The Bertz CT molecular complexity index is 781. The van der Waals surface area contributed by atoms with Gasteiger partial charge in [-0.25, -0.2) is 0 Å². The molecule has 0 fully saturated rings. The van der Waals surface area contributed by atoms with Crippen molar-refractivity contribution >= 4 is 35.2 Å². The molecule has 1 N–H and O–H groups in total. The molecule has 0 aromatic heterocycles. The fraction of sp³-hybridized carbons (Fsp3) is 0.333. The van der Waals surface area contributed by atoms with Crippen LogP contribution in [0.5, 0.6) is 5.75 Å². The summed E-state index contributed by atoms with van der Waals surface area (Å²) < 4.78 is 5.18. The maximum Gasteiger partial charge on any atom is 0.242 e. The fourth-order valence-corrected chi connectivity index (χ4v) is 3.68. The van der Waals surface area contributed by atoms with Crippen molar-refractivity contribution in [1.29, 1.82) is 0 Å². The van der Waals surface area contributed by atoms with Crippen LogP contribution in [-0.4, -0.2) is 42.7 Å². The van der Waals surface area contributed by atoms with Crippen molar-refractivity contribution in [3.05, 3.63) is 59.1 Å². The van der Waals surface area contributed by atoms with Gasteiger partial charge in [0.25, 0.3) is 0 Å². The van der Waals surface area contributed by atoms with Gasteiger partial charge < -0.3 is 15.0 Å². The summed E-state index contributed by atoms with van der Waals surface area (Å²) in [6.07, 6.45) is 0.535. The predicted octanol–water partition coefficient (Wildman–Crippen LogP) is 3.99. The Morgan fingerprint density at radius 3 is 2.32 bits per heavy atom. The summed E-state index contributed by atoms with van der Waals surface area (Å²) in [5, 5.41) is 3.32. The van der Waals surface area contributed by atoms with Crippen LogP contribution in [0.1, 0.15) is 18.9 Å². The molecule has 2 amide bonds. The lowest BCUT2D eigenvalue weighted by atomic mass is 10.1. The second-order valence-electron chi connectivity index (χ2n) is 6.15. The van der Waals surface area contributed by atoms with Crippen LogP contribution in [0.25, 0.3) is 0 Å². The second kappa shape index (κ2) is 11.0. The van der Waals surface area contributed by atoms with Gasteiger partial charge in [0.2, 0.25) is 11.8 Å². The molecular formula is C21H25ClN2O3S. The molecule has 0 spiro atoms. The summed E-state index contributed by atoms with van der Waals surface area (Å²) in [6.45, 7) is 2.26. The zero-order chi connectivity index (χ0) is 20.5. The van der Waals surface area contributed by atoms with Crippen LogP contribution in [0, 0.1) is 0 Å². The van der Waals surface area contributed by atoms with Gasteiger partial charge in [-0.05, 0) is 48.4 Å². The molecule has 0 aliphatic carbocycles. The monoisotopic (exact) mass is 420 g/mol. The van der Waals surface area contributed by atoms with E-state index in [1.807, 2.05) is 43.3 Å². The standard InChI is InChI=1S/C21H25ClN2O3S/c1-4-19(21(26)23-2)24(13-15-5-9-17(27-3)10-6-15)20(25)14-28-18-11-7-16(22)8-12-18/h5-12,19H,4,13-14H2,1-3H3,(H,23,26)/t19-/m1/s1. The largest absolute Gasteiger partial charge is 0.497 e. The number of carbonyl (C=O) groups is 2. The van der Waals surface area contributed by atoms with Gasteiger partial charge in [-0.1, -0.05) is 30.7 Å². The van der Waals surface area contributed by atoms with Crippen LogP contribution in [0.2, 0.25) is 5.02 Å². The van der Waals surface area contributed by atoms with Crippen LogP contribution in [0.15, 0.2) is 53.4 Å². The number of benzene rings is 2. The third kappa shape index (κ3) is 6.17. The molecule has 0 aliphatic rings. The third-order valence-electron chi connectivity index (χ3n) is 4.32. The smallest absolute Gasteiger partial charge is 0.242 e. The van der Waals surface area contributed by atoms with Gasteiger partial charge >= 0.3 is 0 Å². The van der Waals surface area contributed by atoms with Crippen LogP contribution in [0.4, 0.5) is 0 Å². The number of hydrogen-bond donors (Lipinski definition) is 1.